The zero-order valence-corrected chi connectivity index (χ0v) is 8.76. The van der Waals surface area contributed by atoms with E-state index in [2.05, 4.69) is 4.99 Å². The summed E-state index contributed by atoms with van der Waals surface area (Å²) in [6.07, 6.45) is 2.27. The number of hydrogen-bond donors (Lipinski definition) is 0. The van der Waals surface area contributed by atoms with Crippen molar-refractivity contribution in [1.29, 1.82) is 0 Å². The van der Waals surface area contributed by atoms with E-state index in [-0.39, 0.29) is 15.6 Å². The van der Waals surface area contributed by atoms with E-state index in [1.54, 1.807) is 0 Å². The summed E-state index contributed by atoms with van der Waals surface area (Å²) in [5.41, 5.74) is 0.00926. The molecule has 0 fully saturated rings. The van der Waals surface area contributed by atoms with Crippen LogP contribution >= 0.6 is 11.6 Å². The standard InChI is InChI=1S/C8H6ClNO3S/c1-14(12,13)8-6(9)3-2-4-7(8)10-5-11/h2-4H,1H3. The molecule has 1 aromatic carbocycles. The summed E-state index contributed by atoms with van der Waals surface area (Å²) in [6.45, 7) is 0. The highest BCUT2D eigenvalue weighted by Gasteiger charge is 2.16. The van der Waals surface area contributed by atoms with Crippen LogP contribution in [0.15, 0.2) is 28.1 Å². The maximum atomic E-state index is 11.3. The molecule has 0 amide bonds. The van der Waals surface area contributed by atoms with Crippen molar-refractivity contribution in [3.05, 3.63) is 23.2 Å². The molecule has 0 aliphatic heterocycles. The molecule has 0 radical (unpaired) electrons. The second-order valence-electron chi connectivity index (χ2n) is 2.56. The van der Waals surface area contributed by atoms with Crippen LogP contribution < -0.4 is 0 Å². The molecule has 0 saturated heterocycles. The van der Waals surface area contributed by atoms with Gasteiger partial charge in [-0.05, 0) is 12.1 Å². The summed E-state index contributed by atoms with van der Waals surface area (Å²) < 4.78 is 22.6. The predicted octanol–water partition coefficient (Wildman–Crippen LogP) is 1.71. The maximum Gasteiger partial charge on any atom is 0.240 e. The van der Waals surface area contributed by atoms with E-state index in [1.165, 1.54) is 24.3 Å². The number of hydrogen-bond acceptors (Lipinski definition) is 4. The lowest BCUT2D eigenvalue weighted by Crippen LogP contribution is -1.98. The van der Waals surface area contributed by atoms with Crippen LogP contribution in [0.5, 0.6) is 0 Å². The smallest absolute Gasteiger partial charge is 0.224 e. The second kappa shape index (κ2) is 3.92. The fraction of sp³-hybridized carbons (Fsp3) is 0.125. The summed E-state index contributed by atoms with van der Waals surface area (Å²) in [5, 5.41) is 0.0454. The molecule has 0 aliphatic carbocycles. The molecule has 1 rings (SSSR count). The van der Waals surface area contributed by atoms with E-state index in [9.17, 15) is 13.2 Å². The Morgan fingerprint density at radius 1 is 1.43 bits per heavy atom. The number of sulfone groups is 1. The van der Waals surface area contributed by atoms with Gasteiger partial charge in [-0.15, -0.1) is 0 Å². The molecular formula is C8H6ClNO3S. The molecule has 0 aliphatic rings. The second-order valence-corrected chi connectivity index (χ2v) is 4.92. The Labute approximate surface area is 86.1 Å². The number of aliphatic imine (C=N–C) groups is 1. The number of isocyanates is 1. The highest BCUT2D eigenvalue weighted by molar-refractivity contribution is 7.91. The Balaban J connectivity index is 3.61. The van der Waals surface area contributed by atoms with Gasteiger partial charge in [0.05, 0.1) is 10.7 Å². The van der Waals surface area contributed by atoms with Gasteiger partial charge in [-0.25, -0.2) is 13.2 Å². The van der Waals surface area contributed by atoms with Crippen LogP contribution in [0.1, 0.15) is 0 Å². The average molecular weight is 232 g/mol. The highest BCUT2D eigenvalue weighted by atomic mass is 35.5. The summed E-state index contributed by atoms with van der Waals surface area (Å²) in [7, 11) is -3.49. The lowest BCUT2D eigenvalue weighted by molar-refractivity contribution is 0.565. The van der Waals surface area contributed by atoms with E-state index < -0.39 is 9.84 Å². The van der Waals surface area contributed by atoms with Crippen molar-refractivity contribution in [1.82, 2.24) is 0 Å². The number of nitrogens with zero attached hydrogens (tertiary/aromatic N) is 1. The Hall–Kier alpha value is -1.16. The van der Waals surface area contributed by atoms with Crippen molar-refractivity contribution in [2.45, 2.75) is 4.90 Å². The molecule has 0 bridgehead atoms. The van der Waals surface area contributed by atoms with E-state index in [1.807, 2.05) is 0 Å². The first-order chi connectivity index (χ1) is 6.46. The highest BCUT2D eigenvalue weighted by Crippen LogP contribution is 2.30. The quantitative estimate of drug-likeness (QED) is 0.575. The Kier molecular flexibility index (Phi) is 3.06. The van der Waals surface area contributed by atoms with Gasteiger partial charge < -0.3 is 0 Å². The predicted molar refractivity (Wildman–Crippen MR) is 52.3 cm³/mol. The van der Waals surface area contributed by atoms with E-state index in [0.29, 0.717) is 0 Å². The maximum absolute atomic E-state index is 11.3. The molecule has 14 heavy (non-hydrogen) atoms. The van der Waals surface area contributed by atoms with Crippen LogP contribution in [0.2, 0.25) is 5.02 Å². The van der Waals surface area contributed by atoms with Gasteiger partial charge in [0, 0.05) is 6.26 Å². The summed E-state index contributed by atoms with van der Waals surface area (Å²) in [4.78, 5) is 13.2. The average Bonchev–Trinajstić information content (AvgIpc) is 2.02. The molecule has 74 valence electrons. The third-order valence-corrected chi connectivity index (χ3v) is 3.08. The fourth-order valence-electron chi connectivity index (χ4n) is 1.00. The van der Waals surface area contributed by atoms with Crippen LogP contribution in [-0.2, 0) is 14.6 Å². The van der Waals surface area contributed by atoms with Gasteiger partial charge in [-0.2, -0.15) is 4.99 Å². The Morgan fingerprint density at radius 3 is 2.57 bits per heavy atom. The van der Waals surface area contributed by atoms with Crippen LogP contribution in [0.4, 0.5) is 5.69 Å². The third-order valence-electron chi connectivity index (χ3n) is 1.48. The molecule has 0 saturated carbocycles. The summed E-state index contributed by atoms with van der Waals surface area (Å²) >= 11 is 5.68. The van der Waals surface area contributed by atoms with Crippen molar-refractivity contribution in [3.63, 3.8) is 0 Å². The van der Waals surface area contributed by atoms with Crippen LogP contribution in [0.3, 0.4) is 0 Å². The number of halogens is 1. The molecule has 0 atom stereocenters. The molecule has 1 aromatic rings. The van der Waals surface area contributed by atoms with Crippen molar-refractivity contribution in [3.8, 4) is 0 Å². The normalized spacial score (nSPS) is 10.7. The first kappa shape index (κ1) is 10.9. The van der Waals surface area contributed by atoms with Crippen molar-refractivity contribution < 1.29 is 13.2 Å². The minimum atomic E-state index is -3.49. The van der Waals surface area contributed by atoms with Crippen LogP contribution in [0.25, 0.3) is 0 Å². The zero-order valence-electron chi connectivity index (χ0n) is 7.19. The fourth-order valence-corrected chi connectivity index (χ4v) is 2.51. The van der Waals surface area contributed by atoms with Crippen molar-refractivity contribution >= 4 is 33.2 Å². The van der Waals surface area contributed by atoms with E-state index in [4.69, 9.17) is 11.6 Å². The minimum Gasteiger partial charge on any atom is -0.224 e. The third kappa shape index (κ3) is 2.20. The van der Waals surface area contributed by atoms with Gasteiger partial charge in [0.25, 0.3) is 0 Å². The molecule has 4 nitrogen and oxygen atoms in total. The first-order valence-electron chi connectivity index (χ1n) is 3.53. The topological polar surface area (TPSA) is 63.6 Å². The van der Waals surface area contributed by atoms with Crippen LogP contribution in [0, 0.1) is 0 Å². The van der Waals surface area contributed by atoms with Gasteiger partial charge >= 0.3 is 0 Å². The summed E-state index contributed by atoms with van der Waals surface area (Å²) in [5.74, 6) is 0. The molecule has 0 N–H and O–H groups in total. The number of rotatable bonds is 2. The van der Waals surface area contributed by atoms with Crippen molar-refractivity contribution in [2.24, 2.45) is 4.99 Å². The molecule has 6 heteroatoms. The lowest BCUT2D eigenvalue weighted by Gasteiger charge is -2.03. The minimum absolute atomic E-state index is 0.00926. The number of carbonyl (C=O) groups excluding carboxylic acids is 1. The van der Waals surface area contributed by atoms with Crippen LogP contribution in [-0.4, -0.2) is 20.8 Å². The monoisotopic (exact) mass is 231 g/mol. The van der Waals surface area contributed by atoms with E-state index in [0.717, 1.165) is 6.26 Å². The number of benzene rings is 1. The largest absolute Gasteiger partial charge is 0.240 e. The van der Waals surface area contributed by atoms with Gasteiger partial charge in [0.1, 0.15) is 4.90 Å². The van der Waals surface area contributed by atoms with Gasteiger partial charge in [-0.3, -0.25) is 0 Å². The Bertz CT molecular complexity index is 503. The van der Waals surface area contributed by atoms with Gasteiger partial charge in [0.2, 0.25) is 6.08 Å². The lowest BCUT2D eigenvalue weighted by atomic mass is 10.3. The molecule has 0 aromatic heterocycles. The Morgan fingerprint density at radius 2 is 2.07 bits per heavy atom. The van der Waals surface area contributed by atoms with E-state index >= 15 is 0 Å². The summed E-state index contributed by atoms with van der Waals surface area (Å²) in [6, 6.07) is 4.31. The zero-order chi connectivity index (χ0) is 10.8. The first-order valence-corrected chi connectivity index (χ1v) is 5.80. The molecule has 0 heterocycles. The molecule has 0 unspecified atom stereocenters. The van der Waals surface area contributed by atoms with Crippen molar-refractivity contribution in [2.75, 3.05) is 6.26 Å². The van der Waals surface area contributed by atoms with Gasteiger partial charge in [0.15, 0.2) is 9.84 Å². The molecular weight excluding hydrogens is 226 g/mol. The van der Waals surface area contributed by atoms with Gasteiger partial charge in [-0.1, -0.05) is 17.7 Å². The SMILES string of the molecule is CS(=O)(=O)c1c(Cl)cccc1N=C=O. The molecule has 0 spiro atoms.